The fourth-order valence-corrected chi connectivity index (χ4v) is 9.78. The van der Waals surface area contributed by atoms with E-state index < -0.39 is 0 Å². The molecule has 0 bridgehead atoms. The van der Waals surface area contributed by atoms with E-state index in [0.717, 1.165) is 106 Å². The topological polar surface area (TPSA) is 38.7 Å². The van der Waals surface area contributed by atoms with Crippen molar-refractivity contribution in [2.75, 3.05) is 0 Å². The van der Waals surface area contributed by atoms with Gasteiger partial charge in [-0.05, 0) is 114 Å². The van der Waals surface area contributed by atoms with Crippen molar-refractivity contribution in [3.63, 3.8) is 0 Å². The van der Waals surface area contributed by atoms with E-state index in [4.69, 9.17) is 15.0 Å². The standard InChI is InChI=1S/C68H49N3/c1-3-47(4-2)60-61(49-28-13-6-14-29-49)63(51-32-17-8-18-33-51)64(52-34-19-9-20-35-52)65(62(60)50-30-15-7-16-31-50)57-41-23-39-55(44-57)56-40-25-43-59(46-56)68-70-66(53-36-21-10-22-37-53)69-67(71-68)58-42-24-38-54(45-58)48-26-11-5-12-27-48/h3-46H,1H2,2H3/b47-4+. The van der Waals surface area contributed by atoms with Gasteiger partial charge in [-0.25, -0.2) is 15.0 Å². The van der Waals surface area contributed by atoms with Crippen LogP contribution in [0.25, 0.3) is 118 Å². The Morgan fingerprint density at radius 1 is 0.282 bits per heavy atom. The van der Waals surface area contributed by atoms with Crippen LogP contribution in [0.1, 0.15) is 12.5 Å². The first-order valence-corrected chi connectivity index (χ1v) is 24.1. The molecule has 0 unspecified atom stereocenters. The molecule has 0 aliphatic carbocycles. The smallest absolute Gasteiger partial charge is 0.164 e. The largest absolute Gasteiger partial charge is 0.208 e. The highest BCUT2D eigenvalue weighted by molar-refractivity contribution is 6.13. The van der Waals surface area contributed by atoms with Crippen LogP contribution in [-0.2, 0) is 0 Å². The van der Waals surface area contributed by atoms with Crippen molar-refractivity contribution in [1.29, 1.82) is 0 Å². The van der Waals surface area contributed by atoms with Crippen molar-refractivity contribution in [3.8, 4) is 112 Å². The van der Waals surface area contributed by atoms with Crippen LogP contribution in [0.5, 0.6) is 0 Å². The van der Waals surface area contributed by atoms with Crippen molar-refractivity contribution in [3.05, 3.63) is 279 Å². The monoisotopic (exact) mass is 907 g/mol. The highest BCUT2D eigenvalue weighted by Gasteiger charge is 2.29. The molecule has 0 aliphatic heterocycles. The summed E-state index contributed by atoms with van der Waals surface area (Å²) < 4.78 is 0. The average molecular weight is 908 g/mol. The van der Waals surface area contributed by atoms with Gasteiger partial charge in [-0.2, -0.15) is 0 Å². The van der Waals surface area contributed by atoms with Crippen LogP contribution in [-0.4, -0.2) is 15.0 Å². The molecule has 1 aromatic heterocycles. The highest BCUT2D eigenvalue weighted by atomic mass is 15.0. The molecule has 0 saturated heterocycles. The summed E-state index contributed by atoms with van der Waals surface area (Å²) in [5.41, 5.74) is 20.7. The molecule has 3 heteroatoms. The van der Waals surface area contributed by atoms with Gasteiger partial charge in [-0.3, -0.25) is 0 Å². The van der Waals surface area contributed by atoms with E-state index in [2.05, 4.69) is 238 Å². The molecule has 0 N–H and O–H groups in total. The lowest BCUT2D eigenvalue weighted by atomic mass is 9.74. The van der Waals surface area contributed by atoms with Gasteiger partial charge in [0.1, 0.15) is 0 Å². The van der Waals surface area contributed by atoms with Crippen molar-refractivity contribution in [1.82, 2.24) is 15.0 Å². The Kier molecular flexibility index (Phi) is 12.5. The molecule has 0 saturated carbocycles. The zero-order valence-electron chi connectivity index (χ0n) is 39.5. The third-order valence-corrected chi connectivity index (χ3v) is 13.1. The van der Waals surface area contributed by atoms with Crippen LogP contribution in [0.4, 0.5) is 0 Å². The Morgan fingerprint density at radius 3 is 0.944 bits per heavy atom. The number of rotatable bonds is 12. The van der Waals surface area contributed by atoms with Gasteiger partial charge in [0.2, 0.25) is 0 Å². The van der Waals surface area contributed by atoms with Crippen LogP contribution >= 0.6 is 0 Å². The summed E-state index contributed by atoms with van der Waals surface area (Å²) in [7, 11) is 0. The molecular weight excluding hydrogens is 859 g/mol. The van der Waals surface area contributed by atoms with E-state index in [9.17, 15) is 0 Å². The molecule has 11 aromatic rings. The average Bonchev–Trinajstić information content (AvgIpc) is 3.46. The van der Waals surface area contributed by atoms with E-state index >= 15 is 0 Å². The number of allylic oxidation sites excluding steroid dienone is 3. The Hall–Kier alpha value is -9.31. The lowest BCUT2D eigenvalue weighted by Gasteiger charge is -2.29. The zero-order valence-corrected chi connectivity index (χ0v) is 39.5. The molecule has 0 fully saturated rings. The molecule has 3 nitrogen and oxygen atoms in total. The maximum absolute atomic E-state index is 5.20. The summed E-state index contributed by atoms with van der Waals surface area (Å²) in [5.74, 6) is 1.84. The SMILES string of the molecule is C=C/C(=C\C)c1c(-c2ccccc2)c(-c2ccccc2)c(-c2ccccc2)c(-c2cccc(-c3cccc(-c4nc(-c5ccccc5)nc(-c5cccc(-c6ccccc6)c5)n4)c3)c2)c1-c1ccccc1. The van der Waals surface area contributed by atoms with Crippen LogP contribution in [0.15, 0.2) is 274 Å². The lowest BCUT2D eigenvalue weighted by Crippen LogP contribution is -2.04. The first-order valence-electron chi connectivity index (χ1n) is 24.1. The van der Waals surface area contributed by atoms with Gasteiger partial charge in [0.05, 0.1) is 0 Å². The van der Waals surface area contributed by atoms with Gasteiger partial charge in [0.25, 0.3) is 0 Å². The number of hydrogen-bond acceptors (Lipinski definition) is 3. The molecule has 0 spiro atoms. The molecule has 0 radical (unpaired) electrons. The fourth-order valence-electron chi connectivity index (χ4n) is 9.78. The van der Waals surface area contributed by atoms with E-state index in [0.29, 0.717) is 17.5 Å². The Labute approximate surface area is 416 Å². The first kappa shape index (κ1) is 44.2. The Balaban J connectivity index is 1.15. The number of aromatic nitrogens is 3. The van der Waals surface area contributed by atoms with Gasteiger partial charge < -0.3 is 0 Å². The third kappa shape index (κ3) is 8.97. The lowest BCUT2D eigenvalue weighted by molar-refractivity contribution is 1.07. The van der Waals surface area contributed by atoms with Crippen molar-refractivity contribution < 1.29 is 0 Å². The predicted molar refractivity (Wildman–Crippen MR) is 298 cm³/mol. The van der Waals surface area contributed by atoms with Crippen molar-refractivity contribution in [2.24, 2.45) is 0 Å². The van der Waals surface area contributed by atoms with Gasteiger partial charge in [0, 0.05) is 16.7 Å². The summed E-state index contributed by atoms with van der Waals surface area (Å²) in [6, 6.07) is 90.0. The molecule has 0 amide bonds. The molecule has 71 heavy (non-hydrogen) atoms. The highest BCUT2D eigenvalue weighted by Crippen LogP contribution is 2.55. The summed E-state index contributed by atoms with van der Waals surface area (Å²) in [6.07, 6.45) is 4.20. The summed E-state index contributed by atoms with van der Waals surface area (Å²) >= 11 is 0. The maximum Gasteiger partial charge on any atom is 0.164 e. The Morgan fingerprint density at radius 2 is 0.549 bits per heavy atom. The second-order valence-corrected chi connectivity index (χ2v) is 17.4. The van der Waals surface area contributed by atoms with E-state index in [-0.39, 0.29) is 0 Å². The third-order valence-electron chi connectivity index (χ3n) is 13.1. The predicted octanol–water partition coefficient (Wildman–Crippen LogP) is 18.1. The molecule has 336 valence electrons. The minimum absolute atomic E-state index is 0.603. The quantitative estimate of drug-likeness (QED) is 0.115. The number of benzene rings is 10. The van der Waals surface area contributed by atoms with Crippen molar-refractivity contribution in [2.45, 2.75) is 6.92 Å². The van der Waals surface area contributed by atoms with E-state index in [1.165, 1.54) is 0 Å². The molecule has 11 rings (SSSR count). The van der Waals surface area contributed by atoms with Crippen LogP contribution in [0.2, 0.25) is 0 Å². The maximum atomic E-state index is 5.20. The van der Waals surface area contributed by atoms with Gasteiger partial charge in [-0.15, -0.1) is 0 Å². The molecule has 0 aliphatic rings. The molecular formula is C68H49N3. The van der Waals surface area contributed by atoms with Gasteiger partial charge in [0.15, 0.2) is 17.5 Å². The Bertz CT molecular complexity index is 3680. The first-order chi connectivity index (χ1) is 35.1. The second-order valence-electron chi connectivity index (χ2n) is 17.4. The number of nitrogens with zero attached hydrogens (tertiary/aromatic N) is 3. The normalized spacial score (nSPS) is 11.3. The zero-order chi connectivity index (χ0) is 47.9. The van der Waals surface area contributed by atoms with Crippen LogP contribution < -0.4 is 0 Å². The van der Waals surface area contributed by atoms with Gasteiger partial charge in [-0.1, -0.05) is 255 Å². The van der Waals surface area contributed by atoms with E-state index in [1.54, 1.807) is 0 Å². The molecule has 0 atom stereocenters. The van der Waals surface area contributed by atoms with Crippen molar-refractivity contribution >= 4 is 5.57 Å². The minimum Gasteiger partial charge on any atom is -0.208 e. The van der Waals surface area contributed by atoms with Gasteiger partial charge >= 0.3 is 0 Å². The van der Waals surface area contributed by atoms with E-state index in [1.807, 2.05) is 42.5 Å². The number of hydrogen-bond donors (Lipinski definition) is 0. The summed E-state index contributed by atoms with van der Waals surface area (Å²) in [5, 5.41) is 0. The second kappa shape index (κ2) is 20.1. The summed E-state index contributed by atoms with van der Waals surface area (Å²) in [6.45, 7) is 6.54. The fraction of sp³-hybridized carbons (Fsp3) is 0.0147. The summed E-state index contributed by atoms with van der Waals surface area (Å²) in [4.78, 5) is 15.4. The molecule has 1 heterocycles. The van der Waals surface area contributed by atoms with Crippen LogP contribution in [0.3, 0.4) is 0 Å². The van der Waals surface area contributed by atoms with Crippen LogP contribution in [0, 0.1) is 0 Å². The molecule has 10 aromatic carbocycles. The minimum atomic E-state index is 0.603.